The molecule has 0 saturated heterocycles. The second-order valence-corrected chi connectivity index (χ2v) is 5.13. The van der Waals surface area contributed by atoms with Crippen LogP contribution >= 0.6 is 0 Å². The van der Waals surface area contributed by atoms with Crippen LogP contribution in [0.5, 0.6) is 0 Å². The molecular weight excluding hydrogens is 226 g/mol. The Bertz CT molecular complexity index is 454. The lowest BCUT2D eigenvalue weighted by Crippen LogP contribution is -2.48. The summed E-state index contributed by atoms with van der Waals surface area (Å²) in [4.78, 5) is 4.35. The van der Waals surface area contributed by atoms with Gasteiger partial charge in [-0.3, -0.25) is 5.32 Å². The Kier molecular flexibility index (Phi) is 3.67. The van der Waals surface area contributed by atoms with Gasteiger partial charge in [0, 0.05) is 6.42 Å². The molecule has 0 amide bonds. The van der Waals surface area contributed by atoms with Crippen LogP contribution in [0.1, 0.15) is 50.3 Å². The fraction of sp³-hybridized carbons (Fsp3) is 0.769. The molecule has 2 unspecified atom stereocenters. The fourth-order valence-electron chi connectivity index (χ4n) is 2.98. The van der Waals surface area contributed by atoms with Crippen molar-refractivity contribution in [2.24, 2.45) is 0 Å². The minimum absolute atomic E-state index is 0.290. The van der Waals surface area contributed by atoms with E-state index in [1.807, 2.05) is 25.5 Å². The quantitative estimate of drug-likeness (QED) is 0.885. The van der Waals surface area contributed by atoms with Crippen molar-refractivity contribution in [3.63, 3.8) is 0 Å². The Balaban J connectivity index is 2.21. The van der Waals surface area contributed by atoms with Gasteiger partial charge in [0.1, 0.15) is 17.2 Å². The molecule has 98 valence electrons. The first-order chi connectivity index (χ1) is 8.60. The number of hydrogen-bond acceptors (Lipinski definition) is 4. The van der Waals surface area contributed by atoms with Crippen molar-refractivity contribution < 1.29 is 0 Å². The summed E-state index contributed by atoms with van der Waals surface area (Å²) in [5, 5.41) is 17.3. The minimum atomic E-state index is -0.385. The summed E-state index contributed by atoms with van der Waals surface area (Å²) in [7, 11) is 0. The summed E-state index contributed by atoms with van der Waals surface area (Å²) in [5.41, 5.74) is -0.385. The van der Waals surface area contributed by atoms with E-state index >= 15 is 0 Å². The molecule has 0 aliphatic heterocycles. The van der Waals surface area contributed by atoms with E-state index in [2.05, 4.69) is 21.5 Å². The molecule has 0 aromatic carbocycles. The molecule has 1 fully saturated rings. The Labute approximate surface area is 108 Å². The van der Waals surface area contributed by atoms with Gasteiger partial charge in [-0.2, -0.15) is 10.4 Å². The first-order valence-corrected chi connectivity index (χ1v) is 6.66. The van der Waals surface area contributed by atoms with Gasteiger partial charge in [0.25, 0.3) is 0 Å². The van der Waals surface area contributed by atoms with E-state index in [0.29, 0.717) is 6.04 Å². The normalized spacial score (nSPS) is 28.0. The van der Waals surface area contributed by atoms with E-state index in [0.717, 1.165) is 43.9 Å². The SMILES string of the molecule is CCNC1(C#N)CCCC(n2nc(C)nc2C)C1. The summed E-state index contributed by atoms with van der Waals surface area (Å²) in [6, 6.07) is 2.76. The zero-order valence-corrected chi connectivity index (χ0v) is 11.4. The third kappa shape index (κ3) is 2.39. The fourth-order valence-corrected chi connectivity index (χ4v) is 2.98. The molecule has 1 aromatic heterocycles. The van der Waals surface area contributed by atoms with E-state index in [4.69, 9.17) is 0 Å². The van der Waals surface area contributed by atoms with Crippen LogP contribution in [0.2, 0.25) is 0 Å². The molecule has 1 aromatic rings. The number of aryl methyl sites for hydroxylation is 2. The van der Waals surface area contributed by atoms with Crippen LogP contribution in [-0.4, -0.2) is 26.8 Å². The van der Waals surface area contributed by atoms with Crippen LogP contribution in [0, 0.1) is 25.2 Å². The van der Waals surface area contributed by atoms with Crippen molar-refractivity contribution in [3.8, 4) is 6.07 Å². The average Bonchev–Trinajstić information content (AvgIpc) is 2.69. The second kappa shape index (κ2) is 5.07. The van der Waals surface area contributed by atoms with Gasteiger partial charge in [0.15, 0.2) is 0 Å². The van der Waals surface area contributed by atoms with Crippen LogP contribution in [0.25, 0.3) is 0 Å². The van der Waals surface area contributed by atoms with Crippen LogP contribution < -0.4 is 5.32 Å². The molecule has 0 bridgehead atoms. The lowest BCUT2D eigenvalue weighted by molar-refractivity contribution is 0.220. The smallest absolute Gasteiger partial charge is 0.147 e. The van der Waals surface area contributed by atoms with Gasteiger partial charge in [-0.15, -0.1) is 0 Å². The Hall–Kier alpha value is -1.41. The zero-order valence-electron chi connectivity index (χ0n) is 11.4. The van der Waals surface area contributed by atoms with Crippen molar-refractivity contribution in [2.45, 2.75) is 58.0 Å². The molecule has 0 radical (unpaired) electrons. The predicted molar refractivity (Wildman–Crippen MR) is 69.0 cm³/mol. The lowest BCUT2D eigenvalue weighted by Gasteiger charge is -2.36. The topological polar surface area (TPSA) is 66.5 Å². The van der Waals surface area contributed by atoms with Gasteiger partial charge in [-0.1, -0.05) is 6.92 Å². The number of hydrogen-bond donors (Lipinski definition) is 1. The number of nitrogens with zero attached hydrogens (tertiary/aromatic N) is 4. The third-order valence-corrected chi connectivity index (χ3v) is 3.71. The van der Waals surface area contributed by atoms with Gasteiger partial charge in [0.2, 0.25) is 0 Å². The molecule has 1 N–H and O–H groups in total. The molecule has 1 heterocycles. The van der Waals surface area contributed by atoms with Crippen LogP contribution in [0.4, 0.5) is 0 Å². The predicted octanol–water partition coefficient (Wildman–Crippen LogP) is 1.88. The molecule has 2 atom stereocenters. The number of aromatic nitrogens is 3. The van der Waals surface area contributed by atoms with Crippen molar-refractivity contribution in [1.29, 1.82) is 5.26 Å². The molecule has 1 saturated carbocycles. The van der Waals surface area contributed by atoms with E-state index in [-0.39, 0.29) is 5.54 Å². The Morgan fingerprint density at radius 3 is 2.89 bits per heavy atom. The molecule has 1 aliphatic carbocycles. The second-order valence-electron chi connectivity index (χ2n) is 5.13. The van der Waals surface area contributed by atoms with Gasteiger partial charge in [-0.25, -0.2) is 9.67 Å². The Morgan fingerprint density at radius 1 is 1.56 bits per heavy atom. The summed E-state index contributed by atoms with van der Waals surface area (Å²) in [6.07, 6.45) is 3.89. The van der Waals surface area contributed by atoms with Gasteiger partial charge >= 0.3 is 0 Å². The first-order valence-electron chi connectivity index (χ1n) is 6.66. The van der Waals surface area contributed by atoms with Crippen molar-refractivity contribution in [1.82, 2.24) is 20.1 Å². The van der Waals surface area contributed by atoms with E-state index < -0.39 is 0 Å². The third-order valence-electron chi connectivity index (χ3n) is 3.71. The monoisotopic (exact) mass is 247 g/mol. The van der Waals surface area contributed by atoms with Crippen LogP contribution in [0.15, 0.2) is 0 Å². The maximum Gasteiger partial charge on any atom is 0.147 e. The van der Waals surface area contributed by atoms with Crippen molar-refractivity contribution in [2.75, 3.05) is 6.54 Å². The molecule has 1 aliphatic rings. The summed E-state index contributed by atoms with van der Waals surface area (Å²) in [5.74, 6) is 1.76. The molecular formula is C13H21N5. The van der Waals surface area contributed by atoms with E-state index in [1.54, 1.807) is 0 Å². The highest BCUT2D eigenvalue weighted by Crippen LogP contribution is 2.35. The summed E-state index contributed by atoms with van der Waals surface area (Å²) in [6.45, 7) is 6.77. The molecule has 2 rings (SSSR count). The van der Waals surface area contributed by atoms with Gasteiger partial charge in [-0.05, 0) is 39.7 Å². The standard InChI is InChI=1S/C13H21N5/c1-4-15-13(9-14)7-5-6-12(8-13)18-11(3)16-10(2)17-18/h12,15H,4-8H2,1-3H3. The molecule has 18 heavy (non-hydrogen) atoms. The van der Waals surface area contributed by atoms with Crippen molar-refractivity contribution in [3.05, 3.63) is 11.6 Å². The van der Waals surface area contributed by atoms with Gasteiger partial charge in [0.05, 0.1) is 12.1 Å². The van der Waals surface area contributed by atoms with Crippen LogP contribution in [-0.2, 0) is 0 Å². The maximum absolute atomic E-state index is 9.45. The molecule has 5 heteroatoms. The highest BCUT2D eigenvalue weighted by molar-refractivity contribution is 5.11. The largest absolute Gasteiger partial charge is 0.300 e. The highest BCUT2D eigenvalue weighted by Gasteiger charge is 2.37. The lowest BCUT2D eigenvalue weighted by atomic mass is 9.80. The average molecular weight is 247 g/mol. The van der Waals surface area contributed by atoms with Crippen molar-refractivity contribution >= 4 is 0 Å². The number of rotatable bonds is 3. The molecule has 5 nitrogen and oxygen atoms in total. The van der Waals surface area contributed by atoms with E-state index in [1.165, 1.54) is 0 Å². The van der Waals surface area contributed by atoms with Gasteiger partial charge < -0.3 is 0 Å². The zero-order chi connectivity index (χ0) is 13.2. The first kappa shape index (κ1) is 13.0. The minimum Gasteiger partial charge on any atom is -0.300 e. The number of nitrogens with one attached hydrogen (secondary N) is 1. The summed E-state index contributed by atoms with van der Waals surface area (Å²) < 4.78 is 2.00. The summed E-state index contributed by atoms with van der Waals surface area (Å²) >= 11 is 0. The van der Waals surface area contributed by atoms with E-state index in [9.17, 15) is 5.26 Å². The Morgan fingerprint density at radius 2 is 2.33 bits per heavy atom. The highest BCUT2D eigenvalue weighted by atomic mass is 15.4. The van der Waals surface area contributed by atoms with Crippen LogP contribution in [0.3, 0.4) is 0 Å². The molecule has 0 spiro atoms. The maximum atomic E-state index is 9.45. The number of nitriles is 1.